The number of hydrogen-bond acceptors (Lipinski definition) is 6. The maximum Gasteiger partial charge on any atom is 0.225 e. The van der Waals surface area contributed by atoms with Crippen molar-refractivity contribution in [3.8, 4) is 0 Å². The third-order valence-corrected chi connectivity index (χ3v) is 3.68. The van der Waals surface area contributed by atoms with Crippen molar-refractivity contribution >= 4 is 27.6 Å². The molecule has 0 spiro atoms. The molecule has 0 saturated carbocycles. The van der Waals surface area contributed by atoms with Crippen molar-refractivity contribution in [2.24, 2.45) is 0 Å². The van der Waals surface area contributed by atoms with Gasteiger partial charge in [-0.3, -0.25) is 0 Å². The number of hydrogen-bond donors (Lipinski definition) is 2. The average Bonchev–Trinajstić information content (AvgIpc) is 2.41. The van der Waals surface area contributed by atoms with Gasteiger partial charge in [-0.1, -0.05) is 0 Å². The summed E-state index contributed by atoms with van der Waals surface area (Å²) in [6, 6.07) is 1.93. The summed E-state index contributed by atoms with van der Waals surface area (Å²) in [6.07, 6.45) is 4.66. The number of nitrogens with zero attached hydrogens (tertiary/aromatic N) is 3. The van der Waals surface area contributed by atoms with E-state index < -0.39 is 9.03 Å². The molecule has 1 aromatic rings. The Bertz CT molecular complexity index is 375. The summed E-state index contributed by atoms with van der Waals surface area (Å²) < 4.78 is 5.24. The van der Waals surface area contributed by atoms with Gasteiger partial charge in [0, 0.05) is 25.0 Å². The van der Waals surface area contributed by atoms with Crippen molar-refractivity contribution in [2.45, 2.75) is 25.4 Å². The maximum absolute atomic E-state index is 8.76. The second-order valence-corrected chi connectivity index (χ2v) is 5.08. The molecule has 1 unspecified atom stereocenters. The zero-order chi connectivity index (χ0) is 12.8. The largest absolute Gasteiger partial charge is 0.352 e. The molecular formula is C11H18N3O2PS. The molecule has 100 valence electrons. The van der Waals surface area contributed by atoms with E-state index in [2.05, 4.69) is 27.5 Å². The molecule has 2 heterocycles. The van der Waals surface area contributed by atoms with E-state index in [1.54, 1.807) is 6.20 Å². The molecule has 5 nitrogen and oxygen atoms in total. The van der Waals surface area contributed by atoms with Crippen LogP contribution in [-0.2, 0) is 10.9 Å². The Labute approximate surface area is 114 Å². The molecule has 1 saturated heterocycles. The molecule has 2 rings (SSSR count). The number of aromatic nitrogens is 2. The molecule has 1 atom stereocenters. The molecule has 0 aromatic carbocycles. The van der Waals surface area contributed by atoms with Crippen LogP contribution in [0.5, 0.6) is 0 Å². The van der Waals surface area contributed by atoms with Crippen molar-refractivity contribution in [3.63, 3.8) is 0 Å². The third kappa shape index (κ3) is 3.79. The van der Waals surface area contributed by atoms with Crippen LogP contribution >= 0.6 is 21.7 Å². The summed E-state index contributed by atoms with van der Waals surface area (Å²) in [5, 5.41) is 0. The first-order valence-corrected chi connectivity index (χ1v) is 7.54. The highest BCUT2D eigenvalue weighted by atomic mass is 32.1. The molecule has 1 aliphatic heterocycles. The number of aryl methyl sites for hydroxylation is 1. The Balaban J connectivity index is 1.94. The summed E-state index contributed by atoms with van der Waals surface area (Å²) in [7, 11) is -0.413. The first kappa shape index (κ1) is 14.0. The van der Waals surface area contributed by atoms with Crippen molar-refractivity contribution in [1.82, 2.24) is 9.97 Å². The lowest BCUT2D eigenvalue weighted by atomic mass is 10.1. The van der Waals surface area contributed by atoms with E-state index in [1.165, 1.54) is 0 Å². The highest BCUT2D eigenvalue weighted by Gasteiger charge is 2.21. The Morgan fingerprint density at radius 3 is 2.94 bits per heavy atom. The highest BCUT2D eigenvalue weighted by molar-refractivity contribution is 7.80. The van der Waals surface area contributed by atoms with Crippen LogP contribution in [0.2, 0.25) is 0 Å². The topological polar surface area (TPSA) is 58.5 Å². The maximum atomic E-state index is 8.76. The van der Waals surface area contributed by atoms with Gasteiger partial charge in [-0.05, 0) is 31.1 Å². The summed E-state index contributed by atoms with van der Waals surface area (Å²) >= 11 is 4.22. The van der Waals surface area contributed by atoms with Crippen LogP contribution in [0.4, 0.5) is 5.95 Å². The molecule has 0 amide bonds. The molecule has 0 aliphatic carbocycles. The summed E-state index contributed by atoms with van der Waals surface area (Å²) in [5.41, 5.74) is 1.03. The van der Waals surface area contributed by atoms with E-state index in [4.69, 9.17) is 9.42 Å². The fourth-order valence-electron chi connectivity index (χ4n) is 2.04. The molecular weight excluding hydrogens is 269 g/mol. The molecule has 1 N–H and O–H groups in total. The van der Waals surface area contributed by atoms with E-state index >= 15 is 0 Å². The molecule has 7 heteroatoms. The molecule has 1 aromatic heterocycles. The minimum Gasteiger partial charge on any atom is -0.352 e. The molecule has 18 heavy (non-hydrogen) atoms. The smallest absolute Gasteiger partial charge is 0.225 e. The van der Waals surface area contributed by atoms with Gasteiger partial charge in [0.05, 0.1) is 6.10 Å². The number of anilines is 1. The lowest BCUT2D eigenvalue weighted by Gasteiger charge is -2.31. The van der Waals surface area contributed by atoms with Gasteiger partial charge in [-0.15, -0.1) is 0 Å². The van der Waals surface area contributed by atoms with Gasteiger partial charge < -0.3 is 14.3 Å². The van der Waals surface area contributed by atoms with E-state index in [9.17, 15) is 0 Å². The number of thiol groups is 1. The standard InChI is InChI=1S/C11H18N3O2PS/c15-17-16-10-2-6-14(7-3-10)11-12-5-1-9(13-11)4-8-18/h1,5,10,15,17-18H,2-4,6-8H2. The monoisotopic (exact) mass is 287 g/mol. The van der Waals surface area contributed by atoms with E-state index in [-0.39, 0.29) is 6.10 Å². The summed E-state index contributed by atoms with van der Waals surface area (Å²) in [4.78, 5) is 19.8. The predicted octanol–water partition coefficient (Wildman–Crippen LogP) is 1.44. The van der Waals surface area contributed by atoms with Gasteiger partial charge in [0.15, 0.2) is 9.03 Å². The van der Waals surface area contributed by atoms with Gasteiger partial charge in [0.1, 0.15) is 0 Å². The fraction of sp³-hybridized carbons (Fsp3) is 0.636. The summed E-state index contributed by atoms with van der Waals surface area (Å²) in [5.74, 6) is 1.59. The Hall–Kier alpha value is -0.420. The van der Waals surface area contributed by atoms with Crippen LogP contribution in [0.15, 0.2) is 12.3 Å². The van der Waals surface area contributed by atoms with Crippen LogP contribution < -0.4 is 4.90 Å². The second kappa shape index (κ2) is 7.24. The van der Waals surface area contributed by atoms with Gasteiger partial charge >= 0.3 is 0 Å². The van der Waals surface area contributed by atoms with Crippen molar-refractivity contribution in [1.29, 1.82) is 0 Å². The van der Waals surface area contributed by atoms with Crippen molar-refractivity contribution in [3.05, 3.63) is 18.0 Å². The molecule has 1 aliphatic rings. The average molecular weight is 287 g/mol. The molecule has 1 fully saturated rings. The number of rotatable bonds is 5. The van der Waals surface area contributed by atoms with Gasteiger partial charge in [-0.2, -0.15) is 12.6 Å². The Morgan fingerprint density at radius 1 is 1.50 bits per heavy atom. The quantitative estimate of drug-likeness (QED) is 0.634. The van der Waals surface area contributed by atoms with Crippen LogP contribution in [0.1, 0.15) is 18.5 Å². The SMILES string of the molecule is OPOC1CCN(c2nccc(CCS)n2)CC1. The lowest BCUT2D eigenvalue weighted by molar-refractivity contribution is 0.180. The fourth-order valence-corrected chi connectivity index (χ4v) is 2.65. The summed E-state index contributed by atoms with van der Waals surface area (Å²) in [6.45, 7) is 1.75. The third-order valence-electron chi connectivity index (χ3n) is 3.01. The van der Waals surface area contributed by atoms with Crippen LogP contribution in [-0.4, -0.2) is 39.8 Å². The first-order chi connectivity index (χ1) is 8.83. The van der Waals surface area contributed by atoms with E-state index in [0.717, 1.165) is 49.7 Å². The highest BCUT2D eigenvalue weighted by Crippen LogP contribution is 2.22. The second-order valence-electron chi connectivity index (χ2n) is 4.22. The van der Waals surface area contributed by atoms with E-state index in [1.807, 2.05) is 6.07 Å². The van der Waals surface area contributed by atoms with Crippen LogP contribution in [0.25, 0.3) is 0 Å². The first-order valence-electron chi connectivity index (χ1n) is 6.06. The van der Waals surface area contributed by atoms with Crippen molar-refractivity contribution < 1.29 is 9.42 Å². The Morgan fingerprint density at radius 2 is 2.28 bits per heavy atom. The van der Waals surface area contributed by atoms with Crippen LogP contribution in [0, 0.1) is 0 Å². The lowest BCUT2D eigenvalue weighted by Crippen LogP contribution is -2.37. The van der Waals surface area contributed by atoms with Gasteiger partial charge in [0.2, 0.25) is 5.95 Å². The zero-order valence-electron chi connectivity index (χ0n) is 10.1. The minimum atomic E-state index is -0.413. The molecule has 0 bridgehead atoms. The van der Waals surface area contributed by atoms with Gasteiger partial charge in [0.25, 0.3) is 0 Å². The normalized spacial score (nSPS) is 17.8. The number of piperidine rings is 1. The molecule has 0 radical (unpaired) electrons. The Kier molecular flexibility index (Phi) is 5.63. The van der Waals surface area contributed by atoms with E-state index in [0.29, 0.717) is 0 Å². The predicted molar refractivity (Wildman–Crippen MR) is 76.4 cm³/mol. The van der Waals surface area contributed by atoms with Crippen molar-refractivity contribution in [2.75, 3.05) is 23.7 Å². The zero-order valence-corrected chi connectivity index (χ0v) is 12.0. The minimum absolute atomic E-state index is 0.171. The van der Waals surface area contributed by atoms with Crippen LogP contribution in [0.3, 0.4) is 0 Å². The van der Waals surface area contributed by atoms with Gasteiger partial charge in [-0.25, -0.2) is 9.97 Å².